The summed E-state index contributed by atoms with van der Waals surface area (Å²) in [4.78, 5) is 0. The van der Waals surface area contributed by atoms with Crippen LogP contribution in [-0.4, -0.2) is 15.4 Å². The monoisotopic (exact) mass is 108 g/mol. The van der Waals surface area contributed by atoms with Crippen LogP contribution >= 0.6 is 0 Å². The summed E-state index contributed by atoms with van der Waals surface area (Å²) in [6, 6.07) is 0. The van der Waals surface area contributed by atoms with Crippen LogP contribution in [0, 0.1) is 5.92 Å². The van der Waals surface area contributed by atoms with Crippen molar-refractivity contribution in [1.82, 2.24) is 15.4 Å². The number of hydrogen-bond acceptors (Lipinski definition) is 2. The van der Waals surface area contributed by atoms with Gasteiger partial charge in [-0.25, -0.2) is 0 Å². The smallest absolute Gasteiger partial charge is 0.0895 e. The molecule has 8 heavy (non-hydrogen) atoms. The molecule has 0 unspecified atom stereocenters. The van der Waals surface area contributed by atoms with Gasteiger partial charge in [-0.3, -0.25) is 5.10 Å². The van der Waals surface area contributed by atoms with Crippen molar-refractivity contribution in [3.63, 3.8) is 0 Å². The SMILES string of the molecule is c1[nH]nnc1[C]1CC1. The average Bonchev–Trinajstić information content (AvgIpc) is 2.49. The third-order valence-corrected chi connectivity index (χ3v) is 1.28. The summed E-state index contributed by atoms with van der Waals surface area (Å²) in [7, 11) is 0. The van der Waals surface area contributed by atoms with Crippen LogP contribution in [0.4, 0.5) is 0 Å². The van der Waals surface area contributed by atoms with Crippen molar-refractivity contribution in [3.05, 3.63) is 17.8 Å². The Morgan fingerprint density at radius 2 is 2.38 bits per heavy atom. The average molecular weight is 108 g/mol. The molecule has 1 N–H and O–H groups in total. The highest BCUT2D eigenvalue weighted by molar-refractivity contribution is 5.27. The molecule has 1 aliphatic carbocycles. The molecule has 0 spiro atoms. The van der Waals surface area contributed by atoms with E-state index in [0.717, 1.165) is 5.69 Å². The Labute approximate surface area is 47.1 Å². The Kier molecular flexibility index (Phi) is 0.664. The van der Waals surface area contributed by atoms with E-state index in [9.17, 15) is 0 Å². The van der Waals surface area contributed by atoms with E-state index >= 15 is 0 Å². The van der Waals surface area contributed by atoms with Crippen LogP contribution in [0.1, 0.15) is 18.5 Å². The van der Waals surface area contributed by atoms with Crippen LogP contribution in [-0.2, 0) is 0 Å². The molecule has 0 bridgehead atoms. The zero-order chi connectivity index (χ0) is 5.40. The van der Waals surface area contributed by atoms with E-state index in [1.54, 1.807) is 0 Å². The molecular weight excluding hydrogens is 102 g/mol. The molecular formula is C5H6N3. The number of H-pyrrole nitrogens is 1. The van der Waals surface area contributed by atoms with E-state index in [4.69, 9.17) is 0 Å². The van der Waals surface area contributed by atoms with Crippen LogP contribution in [0.3, 0.4) is 0 Å². The summed E-state index contributed by atoms with van der Waals surface area (Å²) < 4.78 is 0. The third-order valence-electron chi connectivity index (χ3n) is 1.28. The third kappa shape index (κ3) is 0.510. The second-order valence-corrected chi connectivity index (χ2v) is 1.96. The number of aromatic nitrogens is 3. The second-order valence-electron chi connectivity index (χ2n) is 1.96. The highest BCUT2D eigenvalue weighted by Crippen LogP contribution is 2.36. The Morgan fingerprint density at radius 3 is 2.88 bits per heavy atom. The molecule has 1 fully saturated rings. The molecule has 1 aromatic rings. The minimum absolute atomic E-state index is 1.05. The van der Waals surface area contributed by atoms with Crippen molar-refractivity contribution in [2.24, 2.45) is 0 Å². The zero-order valence-corrected chi connectivity index (χ0v) is 4.39. The van der Waals surface area contributed by atoms with Crippen molar-refractivity contribution < 1.29 is 0 Å². The normalized spacial score (nSPS) is 19.0. The van der Waals surface area contributed by atoms with Crippen molar-refractivity contribution in [2.75, 3.05) is 0 Å². The molecule has 41 valence electrons. The van der Waals surface area contributed by atoms with Gasteiger partial charge in [0, 0.05) is 12.1 Å². The number of aromatic amines is 1. The van der Waals surface area contributed by atoms with Gasteiger partial charge >= 0.3 is 0 Å². The lowest BCUT2D eigenvalue weighted by atomic mass is 10.3. The first-order chi connectivity index (χ1) is 3.97. The van der Waals surface area contributed by atoms with Gasteiger partial charge in [-0.15, -0.1) is 5.10 Å². The first-order valence-corrected chi connectivity index (χ1v) is 2.68. The van der Waals surface area contributed by atoms with Crippen LogP contribution < -0.4 is 0 Å². The number of hydrogen-bond donors (Lipinski definition) is 1. The highest BCUT2D eigenvalue weighted by Gasteiger charge is 2.26. The van der Waals surface area contributed by atoms with Crippen LogP contribution in [0.25, 0.3) is 0 Å². The quantitative estimate of drug-likeness (QED) is 0.569. The zero-order valence-electron chi connectivity index (χ0n) is 4.39. The lowest BCUT2D eigenvalue weighted by Gasteiger charge is -1.77. The minimum Gasteiger partial charge on any atom is -0.265 e. The van der Waals surface area contributed by atoms with Crippen LogP contribution in [0.15, 0.2) is 6.20 Å². The summed E-state index contributed by atoms with van der Waals surface area (Å²) in [5, 5.41) is 10.1. The maximum absolute atomic E-state index is 3.84. The van der Waals surface area contributed by atoms with Gasteiger partial charge in [-0.05, 0) is 12.8 Å². The Morgan fingerprint density at radius 1 is 1.50 bits per heavy atom. The van der Waals surface area contributed by atoms with Crippen molar-refractivity contribution >= 4 is 0 Å². The fourth-order valence-electron chi connectivity index (χ4n) is 0.693. The summed E-state index contributed by atoms with van der Waals surface area (Å²) in [6.07, 6.45) is 4.27. The minimum atomic E-state index is 1.05. The number of nitrogens with one attached hydrogen (secondary N) is 1. The molecule has 2 rings (SSSR count). The van der Waals surface area contributed by atoms with E-state index < -0.39 is 0 Å². The van der Waals surface area contributed by atoms with Gasteiger partial charge in [0.1, 0.15) is 0 Å². The Hall–Kier alpha value is -0.860. The molecule has 1 aromatic heterocycles. The molecule has 0 amide bonds. The van der Waals surface area contributed by atoms with Crippen molar-refractivity contribution in [2.45, 2.75) is 12.8 Å². The molecule has 1 heterocycles. The van der Waals surface area contributed by atoms with Crippen LogP contribution in [0.2, 0.25) is 0 Å². The molecule has 3 nitrogen and oxygen atoms in total. The predicted molar refractivity (Wildman–Crippen MR) is 28.0 cm³/mol. The van der Waals surface area contributed by atoms with Gasteiger partial charge in [0.2, 0.25) is 0 Å². The summed E-state index contributed by atoms with van der Waals surface area (Å²) in [6.45, 7) is 0. The van der Waals surface area contributed by atoms with Gasteiger partial charge in [0.15, 0.2) is 0 Å². The molecule has 0 aromatic carbocycles. The molecule has 0 atom stereocenters. The predicted octanol–water partition coefficient (Wildman–Crippen LogP) is 0.521. The summed E-state index contributed by atoms with van der Waals surface area (Å²) >= 11 is 0. The summed E-state index contributed by atoms with van der Waals surface area (Å²) in [5.74, 6) is 1.43. The molecule has 3 heteroatoms. The fourth-order valence-corrected chi connectivity index (χ4v) is 0.693. The fraction of sp³-hybridized carbons (Fsp3) is 0.400. The van der Waals surface area contributed by atoms with Gasteiger partial charge in [0.05, 0.1) is 5.69 Å². The van der Waals surface area contributed by atoms with Gasteiger partial charge in [-0.2, -0.15) is 0 Å². The van der Waals surface area contributed by atoms with E-state index in [1.165, 1.54) is 18.8 Å². The van der Waals surface area contributed by atoms with E-state index in [0.29, 0.717) is 0 Å². The Balaban J connectivity index is 2.28. The number of nitrogens with zero attached hydrogens (tertiary/aromatic N) is 2. The first kappa shape index (κ1) is 4.06. The van der Waals surface area contributed by atoms with Gasteiger partial charge < -0.3 is 0 Å². The summed E-state index contributed by atoms with van der Waals surface area (Å²) in [5.41, 5.74) is 1.05. The van der Waals surface area contributed by atoms with Crippen LogP contribution in [0.5, 0.6) is 0 Å². The van der Waals surface area contributed by atoms with Crippen molar-refractivity contribution in [3.8, 4) is 0 Å². The van der Waals surface area contributed by atoms with E-state index in [1.807, 2.05) is 6.20 Å². The molecule has 0 aliphatic heterocycles. The Bertz CT molecular complexity index is 164. The van der Waals surface area contributed by atoms with E-state index in [2.05, 4.69) is 15.4 Å². The first-order valence-electron chi connectivity index (χ1n) is 2.68. The van der Waals surface area contributed by atoms with Crippen molar-refractivity contribution in [1.29, 1.82) is 0 Å². The second kappa shape index (κ2) is 1.31. The van der Waals surface area contributed by atoms with Gasteiger partial charge in [0.25, 0.3) is 0 Å². The van der Waals surface area contributed by atoms with E-state index in [-0.39, 0.29) is 0 Å². The highest BCUT2D eigenvalue weighted by atomic mass is 15.3. The molecule has 1 aliphatic rings. The topological polar surface area (TPSA) is 41.6 Å². The molecule has 1 saturated carbocycles. The standard InChI is InChI=1S/C5H6N3/c1-2-4(1)5-3-6-8-7-5/h3H,1-2H2,(H,6,7,8). The maximum atomic E-state index is 3.84. The lowest BCUT2D eigenvalue weighted by molar-refractivity contribution is 0.928. The maximum Gasteiger partial charge on any atom is 0.0895 e. The van der Waals surface area contributed by atoms with Gasteiger partial charge in [-0.1, -0.05) is 5.21 Å². The molecule has 0 saturated heterocycles. The molecule has 1 radical (unpaired) electrons. The largest absolute Gasteiger partial charge is 0.265 e. The lowest BCUT2D eigenvalue weighted by Crippen LogP contribution is -1.76. The number of rotatable bonds is 1.